The largest absolute Gasteiger partial charge is 0.456 e. The predicted molar refractivity (Wildman–Crippen MR) is 71.7 cm³/mol. The monoisotopic (exact) mass is 479 g/mol. The zero-order valence-corrected chi connectivity index (χ0v) is 14.9. The minimum absolute atomic E-state index is 0.131. The SMILES string of the molecule is CCOC(C(F)(F)C(F)(F)F)(C(F)(F)C(F)(F)F)C(F)(F)C(F)(F)N1CCCCC1. The molecule has 0 N–H and O–H groups in total. The smallest absolute Gasteiger partial charge is 0.358 e. The van der Waals surface area contributed by atoms with E-state index in [0.717, 1.165) is 0 Å². The molecule has 0 spiro atoms. The summed E-state index contributed by atoms with van der Waals surface area (Å²) in [5, 5.41) is 0. The van der Waals surface area contributed by atoms with Crippen molar-refractivity contribution in [2.45, 2.75) is 68.0 Å². The van der Waals surface area contributed by atoms with Gasteiger partial charge in [0, 0.05) is 19.7 Å². The lowest BCUT2D eigenvalue weighted by Gasteiger charge is -2.51. The molecular formula is C14H15F14NO. The molecule has 1 aliphatic rings. The van der Waals surface area contributed by atoms with Gasteiger partial charge in [-0.3, -0.25) is 0 Å². The minimum atomic E-state index is -7.77. The molecule has 0 saturated carbocycles. The Balaban J connectivity index is 3.99. The summed E-state index contributed by atoms with van der Waals surface area (Å²) in [6.45, 7) is -3.99. The second-order valence-corrected chi connectivity index (χ2v) is 6.42. The molecule has 0 aromatic heterocycles. The highest BCUT2D eigenvalue weighted by molar-refractivity contribution is 5.21. The first-order valence-corrected chi connectivity index (χ1v) is 8.20. The molecule has 0 bridgehead atoms. The maximum atomic E-state index is 14.7. The van der Waals surface area contributed by atoms with E-state index in [1.54, 1.807) is 0 Å². The molecule has 1 aliphatic heterocycles. The van der Waals surface area contributed by atoms with Crippen LogP contribution in [-0.2, 0) is 4.74 Å². The van der Waals surface area contributed by atoms with Crippen LogP contribution >= 0.6 is 0 Å². The molecule has 30 heavy (non-hydrogen) atoms. The molecule has 0 aromatic rings. The van der Waals surface area contributed by atoms with Crippen LogP contribution in [0.1, 0.15) is 26.2 Å². The molecule has 1 saturated heterocycles. The standard InChI is InChI=1S/C14H15F14NO/c1-2-30-8(9(15,16)12(21,22)23,10(17,18)13(24,25)26)11(19,20)14(27,28)29-6-4-3-5-7-29/h2-7H2,1H3. The highest BCUT2D eigenvalue weighted by atomic mass is 19.4. The fourth-order valence-electron chi connectivity index (χ4n) is 3.06. The zero-order valence-electron chi connectivity index (χ0n) is 14.9. The third-order valence-electron chi connectivity index (χ3n) is 4.53. The van der Waals surface area contributed by atoms with Crippen molar-refractivity contribution in [3.63, 3.8) is 0 Å². The average molecular weight is 479 g/mol. The molecule has 0 aromatic carbocycles. The van der Waals surface area contributed by atoms with Crippen LogP contribution < -0.4 is 0 Å². The van der Waals surface area contributed by atoms with Gasteiger partial charge in [-0.2, -0.15) is 61.5 Å². The summed E-state index contributed by atoms with van der Waals surface area (Å²) < 4.78 is 194. The van der Waals surface area contributed by atoms with Crippen molar-refractivity contribution in [2.75, 3.05) is 19.7 Å². The summed E-state index contributed by atoms with van der Waals surface area (Å²) in [5.74, 6) is -22.9. The Hall–Kier alpha value is -1.06. The number of alkyl halides is 14. The van der Waals surface area contributed by atoms with Gasteiger partial charge in [-0.15, -0.1) is 0 Å². The molecule has 1 rings (SSSR count). The first kappa shape index (κ1) is 27.0. The number of halogens is 14. The summed E-state index contributed by atoms with van der Waals surface area (Å²) in [5.41, 5.74) is -7.35. The number of hydrogen-bond acceptors (Lipinski definition) is 2. The van der Waals surface area contributed by atoms with E-state index in [2.05, 4.69) is 4.74 Å². The molecule has 2 nitrogen and oxygen atoms in total. The Kier molecular flexibility index (Phi) is 7.03. The third-order valence-corrected chi connectivity index (χ3v) is 4.53. The second-order valence-electron chi connectivity index (χ2n) is 6.42. The van der Waals surface area contributed by atoms with Crippen LogP contribution in [0.2, 0.25) is 0 Å². The molecule has 0 unspecified atom stereocenters. The van der Waals surface area contributed by atoms with Crippen molar-refractivity contribution in [3.8, 4) is 0 Å². The molecule has 0 aliphatic carbocycles. The third kappa shape index (κ3) is 3.60. The molecule has 0 atom stereocenters. The molecular weight excluding hydrogens is 464 g/mol. The van der Waals surface area contributed by atoms with Crippen molar-refractivity contribution in [3.05, 3.63) is 0 Å². The van der Waals surface area contributed by atoms with Gasteiger partial charge in [0.05, 0.1) is 0 Å². The van der Waals surface area contributed by atoms with Crippen LogP contribution in [-0.4, -0.2) is 66.4 Å². The first-order chi connectivity index (χ1) is 13.2. The van der Waals surface area contributed by atoms with E-state index in [0.29, 0.717) is 0 Å². The lowest BCUT2D eigenvalue weighted by atomic mass is 9.78. The Bertz CT molecular complexity index is 564. The lowest BCUT2D eigenvalue weighted by Crippen LogP contribution is -2.83. The number of ether oxygens (including phenoxy) is 1. The van der Waals surface area contributed by atoms with E-state index in [1.807, 2.05) is 0 Å². The van der Waals surface area contributed by atoms with Crippen molar-refractivity contribution in [1.82, 2.24) is 4.90 Å². The molecule has 1 heterocycles. The quantitative estimate of drug-likeness (QED) is 0.335. The van der Waals surface area contributed by atoms with Gasteiger partial charge in [0.1, 0.15) is 0 Å². The Morgan fingerprint density at radius 3 is 1.27 bits per heavy atom. The van der Waals surface area contributed by atoms with Gasteiger partial charge < -0.3 is 4.74 Å². The topological polar surface area (TPSA) is 12.5 Å². The molecule has 1 fully saturated rings. The van der Waals surface area contributed by atoms with E-state index in [1.165, 1.54) is 0 Å². The normalized spacial score (nSPS) is 19.3. The maximum Gasteiger partial charge on any atom is 0.456 e. The summed E-state index contributed by atoms with van der Waals surface area (Å²) in [6, 6.07) is -6.29. The zero-order chi connectivity index (χ0) is 24.0. The van der Waals surface area contributed by atoms with Gasteiger partial charge in [0.2, 0.25) is 0 Å². The Labute approximate surface area is 160 Å². The molecule has 0 amide bonds. The molecule has 0 radical (unpaired) electrons. The predicted octanol–water partition coefficient (Wildman–Crippen LogP) is 5.87. The Morgan fingerprint density at radius 2 is 0.967 bits per heavy atom. The van der Waals surface area contributed by atoms with E-state index in [4.69, 9.17) is 0 Å². The second kappa shape index (κ2) is 7.81. The fraction of sp³-hybridized carbons (Fsp3) is 1.00. The van der Waals surface area contributed by atoms with Crippen molar-refractivity contribution in [1.29, 1.82) is 0 Å². The molecule has 180 valence electrons. The van der Waals surface area contributed by atoms with Crippen molar-refractivity contribution < 1.29 is 66.2 Å². The van der Waals surface area contributed by atoms with Gasteiger partial charge in [0.25, 0.3) is 5.60 Å². The highest BCUT2D eigenvalue weighted by Crippen LogP contribution is 2.65. The fourth-order valence-corrected chi connectivity index (χ4v) is 3.06. The van der Waals surface area contributed by atoms with Gasteiger partial charge in [-0.25, -0.2) is 4.90 Å². The minimum Gasteiger partial charge on any atom is -0.358 e. The van der Waals surface area contributed by atoms with Gasteiger partial charge >= 0.3 is 36.2 Å². The van der Waals surface area contributed by atoms with Crippen LogP contribution in [0.25, 0.3) is 0 Å². The van der Waals surface area contributed by atoms with Gasteiger partial charge in [-0.05, 0) is 19.8 Å². The molecule has 16 heteroatoms. The highest BCUT2D eigenvalue weighted by Gasteiger charge is 2.97. The van der Waals surface area contributed by atoms with Crippen molar-refractivity contribution >= 4 is 0 Å². The maximum absolute atomic E-state index is 14.7. The van der Waals surface area contributed by atoms with Gasteiger partial charge in [-0.1, -0.05) is 6.42 Å². The number of piperidine rings is 1. The summed E-state index contributed by atoms with van der Waals surface area (Å²) >= 11 is 0. The van der Waals surface area contributed by atoms with Crippen LogP contribution in [0.5, 0.6) is 0 Å². The van der Waals surface area contributed by atoms with Crippen LogP contribution in [0.15, 0.2) is 0 Å². The van der Waals surface area contributed by atoms with E-state index in [9.17, 15) is 61.5 Å². The number of rotatable bonds is 7. The van der Waals surface area contributed by atoms with Crippen LogP contribution in [0.4, 0.5) is 61.5 Å². The number of likely N-dealkylation sites (tertiary alicyclic amines) is 1. The van der Waals surface area contributed by atoms with Crippen molar-refractivity contribution in [2.24, 2.45) is 0 Å². The average Bonchev–Trinajstić information content (AvgIpc) is 2.57. The van der Waals surface area contributed by atoms with E-state index < -0.39 is 66.4 Å². The van der Waals surface area contributed by atoms with Crippen LogP contribution in [0.3, 0.4) is 0 Å². The first-order valence-electron chi connectivity index (χ1n) is 8.20. The van der Waals surface area contributed by atoms with Crippen LogP contribution in [0, 0.1) is 0 Å². The lowest BCUT2D eigenvalue weighted by molar-refractivity contribution is -0.493. The van der Waals surface area contributed by atoms with E-state index in [-0.39, 0.29) is 26.2 Å². The summed E-state index contributed by atoms with van der Waals surface area (Å²) in [7, 11) is 0. The van der Waals surface area contributed by atoms with Gasteiger partial charge in [0.15, 0.2) is 0 Å². The van der Waals surface area contributed by atoms with E-state index >= 15 is 0 Å². The number of hydrogen-bond donors (Lipinski definition) is 0. The summed E-state index contributed by atoms with van der Waals surface area (Å²) in [4.78, 5) is -0.719. The summed E-state index contributed by atoms with van der Waals surface area (Å²) in [6.07, 6.45) is -15.6. The Morgan fingerprint density at radius 1 is 0.600 bits per heavy atom. The number of nitrogens with zero attached hydrogens (tertiary/aromatic N) is 1.